The molecule has 106 valence electrons. The first-order valence-corrected chi connectivity index (χ1v) is 6.82. The highest BCUT2D eigenvalue weighted by Crippen LogP contribution is 2.33. The summed E-state index contributed by atoms with van der Waals surface area (Å²) < 4.78 is 1.45. The second-order valence-electron chi connectivity index (χ2n) is 4.36. The molecule has 1 heterocycles. The van der Waals surface area contributed by atoms with Gasteiger partial charge in [-0.1, -0.05) is 28.9 Å². The number of hydrogen-bond donors (Lipinski definition) is 3. The summed E-state index contributed by atoms with van der Waals surface area (Å²) in [7, 11) is 0. The van der Waals surface area contributed by atoms with Gasteiger partial charge in [0.05, 0.1) is 0 Å². The van der Waals surface area contributed by atoms with Gasteiger partial charge in [-0.3, -0.25) is 0 Å². The van der Waals surface area contributed by atoms with E-state index in [9.17, 15) is 10.2 Å². The summed E-state index contributed by atoms with van der Waals surface area (Å²) in [6.07, 6.45) is 0. The van der Waals surface area contributed by atoms with Gasteiger partial charge in [0.2, 0.25) is 0 Å². The fourth-order valence-corrected chi connectivity index (χ4v) is 2.47. The van der Waals surface area contributed by atoms with E-state index in [4.69, 9.17) is 11.6 Å². The molecule has 0 radical (unpaired) electrons. The van der Waals surface area contributed by atoms with E-state index >= 15 is 0 Å². The van der Waals surface area contributed by atoms with Crippen molar-refractivity contribution in [3.63, 3.8) is 0 Å². The fraction of sp³-hybridized carbons (Fsp3) is 0. The molecule has 21 heavy (non-hydrogen) atoms. The molecule has 0 aliphatic rings. The highest BCUT2D eigenvalue weighted by Gasteiger charge is 2.16. The minimum Gasteiger partial charge on any atom is -0.508 e. The predicted octanol–water partition coefficient (Wildman–Crippen LogP) is 3.29. The monoisotopic (exact) mass is 319 g/mol. The van der Waals surface area contributed by atoms with E-state index in [1.807, 2.05) is 6.07 Å². The molecule has 0 aliphatic carbocycles. The lowest BCUT2D eigenvalue weighted by atomic mass is 10.1. The Morgan fingerprint density at radius 3 is 2.62 bits per heavy atom. The summed E-state index contributed by atoms with van der Waals surface area (Å²) in [4.78, 5) is 0. The number of aromatic nitrogens is 3. The Bertz CT molecular complexity index is 820. The molecule has 0 amide bonds. The molecule has 3 rings (SSSR count). The van der Waals surface area contributed by atoms with Crippen molar-refractivity contribution in [2.24, 2.45) is 0 Å². The van der Waals surface area contributed by atoms with Gasteiger partial charge in [-0.15, -0.1) is 17.7 Å². The zero-order valence-corrected chi connectivity index (χ0v) is 12.3. The highest BCUT2D eigenvalue weighted by molar-refractivity contribution is 7.80. The van der Waals surface area contributed by atoms with E-state index in [0.29, 0.717) is 21.4 Å². The number of halogens is 1. The molecule has 3 aromatic rings. The van der Waals surface area contributed by atoms with Crippen molar-refractivity contribution < 1.29 is 10.2 Å². The third-order valence-corrected chi connectivity index (χ3v) is 3.47. The lowest BCUT2D eigenvalue weighted by Crippen LogP contribution is -2.00. The number of phenolic OH excluding ortho intramolecular Hbond substituents is 2. The standard InChI is InChI=1S/C14H10ClN3O2S/c15-9-3-1-2-8(6-9)13-14(21)16-17-18(13)11-5-4-10(19)7-12(11)20/h1-7,19-21H. The minimum absolute atomic E-state index is 0.0354. The number of phenols is 2. The normalized spacial score (nSPS) is 10.8. The van der Waals surface area contributed by atoms with Crippen LogP contribution in [0.4, 0.5) is 0 Å². The summed E-state index contributed by atoms with van der Waals surface area (Å²) in [5.74, 6) is -0.150. The van der Waals surface area contributed by atoms with Crippen LogP contribution in [0.15, 0.2) is 47.5 Å². The number of rotatable bonds is 2. The highest BCUT2D eigenvalue weighted by atomic mass is 35.5. The smallest absolute Gasteiger partial charge is 0.145 e. The van der Waals surface area contributed by atoms with Crippen LogP contribution in [0.5, 0.6) is 11.5 Å². The molecule has 0 fully saturated rings. The Morgan fingerprint density at radius 2 is 1.90 bits per heavy atom. The molecular formula is C14H10ClN3O2S. The lowest BCUT2D eigenvalue weighted by Gasteiger charge is -2.09. The summed E-state index contributed by atoms with van der Waals surface area (Å²) in [5, 5.41) is 28.2. The van der Waals surface area contributed by atoms with E-state index in [2.05, 4.69) is 22.9 Å². The molecule has 0 saturated carbocycles. The quantitative estimate of drug-likeness (QED) is 0.634. The van der Waals surface area contributed by atoms with Crippen molar-refractivity contribution in [3.05, 3.63) is 47.5 Å². The zero-order valence-electron chi connectivity index (χ0n) is 10.6. The number of hydrogen-bond acceptors (Lipinski definition) is 5. The average molecular weight is 320 g/mol. The molecule has 0 aliphatic heterocycles. The first-order chi connectivity index (χ1) is 10.1. The maximum absolute atomic E-state index is 9.98. The molecule has 0 atom stereocenters. The predicted molar refractivity (Wildman–Crippen MR) is 82.4 cm³/mol. The number of benzene rings is 2. The molecular weight excluding hydrogens is 310 g/mol. The van der Waals surface area contributed by atoms with Crippen molar-refractivity contribution >= 4 is 24.2 Å². The SMILES string of the molecule is Oc1ccc(-n2nnc(S)c2-c2cccc(Cl)c2)c(O)c1. The van der Waals surface area contributed by atoms with Gasteiger partial charge < -0.3 is 10.2 Å². The number of thiol groups is 1. The Hall–Kier alpha value is -2.18. The summed E-state index contributed by atoms with van der Waals surface area (Å²) in [6.45, 7) is 0. The molecule has 7 heteroatoms. The molecule has 5 nitrogen and oxygen atoms in total. The van der Waals surface area contributed by atoms with Gasteiger partial charge in [0.1, 0.15) is 27.9 Å². The Balaban J connectivity index is 2.22. The first-order valence-electron chi connectivity index (χ1n) is 5.99. The van der Waals surface area contributed by atoms with Gasteiger partial charge in [0.15, 0.2) is 0 Å². The Labute approximate surface area is 130 Å². The van der Waals surface area contributed by atoms with Crippen LogP contribution in [-0.4, -0.2) is 25.2 Å². The lowest BCUT2D eigenvalue weighted by molar-refractivity contribution is 0.447. The van der Waals surface area contributed by atoms with Gasteiger partial charge >= 0.3 is 0 Å². The van der Waals surface area contributed by atoms with Crippen molar-refractivity contribution in [1.29, 1.82) is 0 Å². The van der Waals surface area contributed by atoms with Crippen LogP contribution < -0.4 is 0 Å². The van der Waals surface area contributed by atoms with Gasteiger partial charge in [0.25, 0.3) is 0 Å². The zero-order chi connectivity index (χ0) is 15.0. The van der Waals surface area contributed by atoms with Gasteiger partial charge in [-0.2, -0.15) is 0 Å². The average Bonchev–Trinajstić information content (AvgIpc) is 2.80. The first kappa shape index (κ1) is 13.8. The molecule has 2 aromatic carbocycles. The van der Waals surface area contributed by atoms with Crippen LogP contribution >= 0.6 is 24.2 Å². The van der Waals surface area contributed by atoms with Crippen molar-refractivity contribution in [2.75, 3.05) is 0 Å². The Kier molecular flexibility index (Phi) is 3.48. The fourth-order valence-electron chi connectivity index (χ4n) is 2.02. The van der Waals surface area contributed by atoms with E-state index in [0.717, 1.165) is 5.56 Å². The van der Waals surface area contributed by atoms with Gasteiger partial charge in [-0.05, 0) is 24.3 Å². The molecule has 0 spiro atoms. The summed E-state index contributed by atoms with van der Waals surface area (Å²) in [5.41, 5.74) is 1.75. The maximum atomic E-state index is 9.98. The largest absolute Gasteiger partial charge is 0.508 e. The maximum Gasteiger partial charge on any atom is 0.145 e. The van der Waals surface area contributed by atoms with Crippen LogP contribution in [0.25, 0.3) is 16.9 Å². The molecule has 0 saturated heterocycles. The second-order valence-corrected chi connectivity index (χ2v) is 5.22. The molecule has 1 aromatic heterocycles. The van der Waals surface area contributed by atoms with Crippen molar-refractivity contribution in [3.8, 4) is 28.4 Å². The van der Waals surface area contributed by atoms with Crippen LogP contribution in [0.3, 0.4) is 0 Å². The van der Waals surface area contributed by atoms with Crippen molar-refractivity contribution in [2.45, 2.75) is 5.03 Å². The van der Waals surface area contributed by atoms with Crippen LogP contribution in [0.2, 0.25) is 5.02 Å². The van der Waals surface area contributed by atoms with Gasteiger partial charge in [0, 0.05) is 16.7 Å². The van der Waals surface area contributed by atoms with Crippen LogP contribution in [0.1, 0.15) is 0 Å². The summed E-state index contributed by atoms with van der Waals surface area (Å²) in [6, 6.07) is 11.4. The second kappa shape index (κ2) is 5.31. The number of nitrogens with zero attached hydrogens (tertiary/aromatic N) is 3. The minimum atomic E-state index is -0.114. The van der Waals surface area contributed by atoms with E-state index in [1.165, 1.54) is 16.8 Å². The van der Waals surface area contributed by atoms with E-state index < -0.39 is 0 Å². The van der Waals surface area contributed by atoms with Crippen molar-refractivity contribution in [1.82, 2.24) is 15.0 Å². The third kappa shape index (κ3) is 2.55. The number of aromatic hydroxyl groups is 2. The molecule has 0 unspecified atom stereocenters. The summed E-state index contributed by atoms with van der Waals surface area (Å²) >= 11 is 10.3. The molecule has 2 N–H and O–H groups in total. The van der Waals surface area contributed by atoms with Crippen LogP contribution in [0, 0.1) is 0 Å². The Morgan fingerprint density at radius 1 is 1.10 bits per heavy atom. The topological polar surface area (TPSA) is 71.2 Å². The third-order valence-electron chi connectivity index (χ3n) is 2.94. The molecule has 0 bridgehead atoms. The van der Waals surface area contributed by atoms with E-state index in [-0.39, 0.29) is 11.5 Å². The van der Waals surface area contributed by atoms with Gasteiger partial charge in [-0.25, -0.2) is 4.68 Å². The van der Waals surface area contributed by atoms with Crippen LogP contribution in [-0.2, 0) is 0 Å². The van der Waals surface area contributed by atoms with E-state index in [1.54, 1.807) is 24.3 Å².